The minimum absolute atomic E-state index is 0.799. The minimum atomic E-state index is 0.799. The Kier molecular flexibility index (Phi) is 5.26. The molecule has 0 aromatic carbocycles. The molecule has 1 aliphatic rings. The van der Waals surface area contributed by atoms with Gasteiger partial charge in [-0.1, -0.05) is 27.2 Å². The lowest BCUT2D eigenvalue weighted by atomic mass is 10.1. The molecule has 16 heavy (non-hydrogen) atoms. The van der Waals surface area contributed by atoms with Gasteiger partial charge >= 0.3 is 0 Å². The molecule has 1 fully saturated rings. The topological polar surface area (TPSA) is 3.24 Å². The number of likely N-dealkylation sites (N-methyl/N-ethyl adjacent to an activating group) is 1. The van der Waals surface area contributed by atoms with Crippen molar-refractivity contribution in [2.45, 2.75) is 53.5 Å². The van der Waals surface area contributed by atoms with Crippen LogP contribution in [0.15, 0.2) is 0 Å². The Labute approximate surface area is 102 Å². The fraction of sp³-hybridized carbons (Fsp3) is 1.00. The fourth-order valence-electron chi connectivity index (χ4n) is 3.09. The maximum atomic E-state index is 2.75. The second-order valence-corrected chi connectivity index (χ2v) is 5.91. The van der Waals surface area contributed by atoms with Crippen molar-refractivity contribution in [3.05, 3.63) is 0 Å². The van der Waals surface area contributed by atoms with E-state index in [4.69, 9.17) is 0 Å². The molecule has 2 nitrogen and oxygen atoms in total. The quantitative estimate of drug-likeness (QED) is 0.631. The molecule has 1 atom stereocenters. The zero-order valence-electron chi connectivity index (χ0n) is 12.0. The zero-order valence-corrected chi connectivity index (χ0v) is 12.0. The van der Waals surface area contributed by atoms with Crippen LogP contribution in [0.1, 0.15) is 47.5 Å². The molecule has 0 aromatic heterocycles. The van der Waals surface area contributed by atoms with Gasteiger partial charge in [0.15, 0.2) is 0 Å². The van der Waals surface area contributed by atoms with Gasteiger partial charge in [-0.25, -0.2) is 4.90 Å². The molecule has 0 N–H and O–H groups in total. The van der Waals surface area contributed by atoms with Gasteiger partial charge in [0, 0.05) is 6.54 Å². The summed E-state index contributed by atoms with van der Waals surface area (Å²) in [5.41, 5.74) is 0. The second-order valence-electron chi connectivity index (χ2n) is 5.91. The van der Waals surface area contributed by atoms with Gasteiger partial charge in [0.25, 0.3) is 0 Å². The average Bonchev–Trinajstić information content (AvgIpc) is 2.58. The van der Waals surface area contributed by atoms with Crippen LogP contribution in [-0.4, -0.2) is 48.3 Å². The Morgan fingerprint density at radius 1 is 1.19 bits per heavy atom. The molecule has 2 heteroatoms. The molecule has 1 aliphatic heterocycles. The van der Waals surface area contributed by atoms with E-state index in [-0.39, 0.29) is 0 Å². The third-order valence-electron chi connectivity index (χ3n) is 4.16. The van der Waals surface area contributed by atoms with Crippen LogP contribution in [0.4, 0.5) is 0 Å². The van der Waals surface area contributed by atoms with E-state index < -0.39 is 0 Å². The summed E-state index contributed by atoms with van der Waals surface area (Å²) in [7, 11) is 0. The molecule has 0 aliphatic carbocycles. The van der Waals surface area contributed by atoms with E-state index >= 15 is 0 Å². The first kappa shape index (κ1) is 14.0. The van der Waals surface area contributed by atoms with Crippen molar-refractivity contribution in [2.24, 2.45) is 5.92 Å². The summed E-state index contributed by atoms with van der Waals surface area (Å²) in [4.78, 5) is 2.75. The second kappa shape index (κ2) is 6.02. The average molecular weight is 227 g/mol. The molecular weight excluding hydrogens is 196 g/mol. The van der Waals surface area contributed by atoms with Crippen molar-refractivity contribution in [1.29, 1.82) is 0 Å². The third kappa shape index (κ3) is 3.21. The Hall–Kier alpha value is -0.0800. The van der Waals surface area contributed by atoms with Crippen molar-refractivity contribution in [3.63, 3.8) is 0 Å². The van der Waals surface area contributed by atoms with Crippen molar-refractivity contribution in [2.75, 3.05) is 32.8 Å². The van der Waals surface area contributed by atoms with Crippen LogP contribution in [0.5, 0.6) is 0 Å². The normalized spacial score (nSPS) is 25.5. The molecule has 0 spiro atoms. The molecule has 1 rings (SSSR count). The monoisotopic (exact) mass is 227 g/mol. The summed E-state index contributed by atoms with van der Waals surface area (Å²) in [5, 5.41) is 0. The molecule has 1 saturated heterocycles. The molecule has 0 amide bonds. The lowest BCUT2D eigenvalue weighted by Gasteiger charge is -2.31. The third-order valence-corrected chi connectivity index (χ3v) is 4.16. The van der Waals surface area contributed by atoms with Gasteiger partial charge in [-0.15, -0.1) is 0 Å². The SMILES string of the molecule is CCCC1C[N+](CC)(CC)CN1CC(C)C. The van der Waals surface area contributed by atoms with Gasteiger partial charge in [0.2, 0.25) is 0 Å². The van der Waals surface area contributed by atoms with E-state index in [2.05, 4.69) is 39.5 Å². The van der Waals surface area contributed by atoms with Crippen LogP contribution in [0.3, 0.4) is 0 Å². The largest absolute Gasteiger partial charge is 0.310 e. The lowest BCUT2D eigenvalue weighted by molar-refractivity contribution is -0.918. The molecule has 0 radical (unpaired) electrons. The van der Waals surface area contributed by atoms with Crippen LogP contribution in [0.2, 0.25) is 0 Å². The van der Waals surface area contributed by atoms with Crippen molar-refractivity contribution < 1.29 is 4.48 Å². The van der Waals surface area contributed by atoms with Gasteiger partial charge < -0.3 is 4.48 Å². The maximum Gasteiger partial charge on any atom is 0.135 e. The van der Waals surface area contributed by atoms with E-state index in [0.29, 0.717) is 0 Å². The standard InChI is InChI=1S/C14H31N2/c1-6-9-14-11-16(7-2,8-3)12-15(14)10-13(4)5/h13-14H,6-12H2,1-5H3/q+1. The first-order valence-electron chi connectivity index (χ1n) is 7.16. The highest BCUT2D eigenvalue weighted by atomic mass is 15.5. The molecule has 96 valence electrons. The molecule has 0 saturated carbocycles. The summed E-state index contributed by atoms with van der Waals surface area (Å²) in [6.45, 7) is 18.3. The van der Waals surface area contributed by atoms with Crippen LogP contribution in [0.25, 0.3) is 0 Å². The van der Waals surface area contributed by atoms with Gasteiger partial charge in [-0.05, 0) is 26.2 Å². The Morgan fingerprint density at radius 3 is 2.25 bits per heavy atom. The highest BCUT2D eigenvalue weighted by molar-refractivity contribution is 4.76. The molecule has 0 bridgehead atoms. The van der Waals surface area contributed by atoms with E-state index in [1.54, 1.807) is 0 Å². The predicted molar refractivity (Wildman–Crippen MR) is 71.3 cm³/mol. The zero-order chi connectivity index (χ0) is 12.2. The van der Waals surface area contributed by atoms with Crippen molar-refractivity contribution >= 4 is 0 Å². The van der Waals surface area contributed by atoms with Gasteiger partial charge in [0.1, 0.15) is 6.67 Å². The van der Waals surface area contributed by atoms with Crippen molar-refractivity contribution in [3.8, 4) is 0 Å². The Bertz CT molecular complexity index is 197. The summed E-state index contributed by atoms with van der Waals surface area (Å²) in [5.74, 6) is 0.799. The van der Waals surface area contributed by atoms with Gasteiger partial charge in [0.05, 0.1) is 25.7 Å². The van der Waals surface area contributed by atoms with Crippen molar-refractivity contribution in [1.82, 2.24) is 4.90 Å². The van der Waals surface area contributed by atoms with Crippen LogP contribution in [0, 0.1) is 5.92 Å². The first-order chi connectivity index (χ1) is 7.56. The van der Waals surface area contributed by atoms with E-state index in [1.807, 2.05) is 0 Å². The van der Waals surface area contributed by atoms with Crippen LogP contribution in [-0.2, 0) is 0 Å². The van der Waals surface area contributed by atoms with Crippen LogP contribution >= 0.6 is 0 Å². The Morgan fingerprint density at radius 2 is 1.81 bits per heavy atom. The summed E-state index contributed by atoms with van der Waals surface area (Å²) in [6, 6.07) is 0.840. The predicted octanol–water partition coefficient (Wildman–Crippen LogP) is 2.94. The smallest absolute Gasteiger partial charge is 0.135 e. The summed E-state index contributed by atoms with van der Waals surface area (Å²) in [6.07, 6.45) is 2.71. The summed E-state index contributed by atoms with van der Waals surface area (Å²) >= 11 is 0. The molecular formula is C14H31N2+. The minimum Gasteiger partial charge on any atom is -0.310 e. The van der Waals surface area contributed by atoms with E-state index in [1.165, 1.54) is 50.2 Å². The number of rotatable bonds is 6. The summed E-state index contributed by atoms with van der Waals surface area (Å²) < 4.78 is 1.32. The van der Waals surface area contributed by atoms with Crippen LogP contribution < -0.4 is 0 Å². The first-order valence-corrected chi connectivity index (χ1v) is 7.16. The fourth-order valence-corrected chi connectivity index (χ4v) is 3.09. The number of hydrogen-bond donors (Lipinski definition) is 0. The lowest BCUT2D eigenvalue weighted by Crippen LogP contribution is -2.47. The number of hydrogen-bond acceptors (Lipinski definition) is 1. The maximum absolute atomic E-state index is 2.75. The molecule has 0 aromatic rings. The number of nitrogens with zero attached hydrogens (tertiary/aromatic N) is 2. The Balaban J connectivity index is 2.66. The molecule has 1 unspecified atom stereocenters. The number of quaternary nitrogens is 1. The van der Waals surface area contributed by atoms with Gasteiger partial charge in [-0.2, -0.15) is 0 Å². The molecule has 1 heterocycles. The highest BCUT2D eigenvalue weighted by Crippen LogP contribution is 2.25. The van der Waals surface area contributed by atoms with Gasteiger partial charge in [-0.3, -0.25) is 0 Å². The highest BCUT2D eigenvalue weighted by Gasteiger charge is 2.40. The van der Waals surface area contributed by atoms with E-state index in [0.717, 1.165) is 12.0 Å². The van der Waals surface area contributed by atoms with E-state index in [9.17, 15) is 0 Å².